The predicted octanol–water partition coefficient (Wildman–Crippen LogP) is 6.59. The second-order valence-electron chi connectivity index (χ2n) is 8.82. The van der Waals surface area contributed by atoms with Gasteiger partial charge in [-0.1, -0.05) is 78.3 Å². The summed E-state index contributed by atoms with van der Waals surface area (Å²) in [6.45, 7) is 0. The van der Waals surface area contributed by atoms with Crippen LogP contribution in [0.3, 0.4) is 0 Å². The van der Waals surface area contributed by atoms with Crippen LogP contribution in [0.4, 0.5) is 18.9 Å². The number of amides is 1. The smallest absolute Gasteiger partial charge is 0.417 e. The highest BCUT2D eigenvalue weighted by molar-refractivity contribution is 6.31. The molecule has 0 aliphatic heterocycles. The van der Waals surface area contributed by atoms with Gasteiger partial charge < -0.3 is 10.1 Å². The molecule has 1 heterocycles. The second kappa shape index (κ2) is 11.3. The van der Waals surface area contributed by atoms with Crippen LogP contribution in [0.15, 0.2) is 108 Å². The summed E-state index contributed by atoms with van der Waals surface area (Å²) in [5, 5.41) is 6.50. The normalized spacial score (nSPS) is 12.1. The predicted molar refractivity (Wildman–Crippen MR) is 147 cm³/mol. The molecule has 1 unspecified atom stereocenters. The Morgan fingerprint density at radius 3 is 2.12 bits per heavy atom. The number of halogens is 4. The third-order valence-corrected chi connectivity index (χ3v) is 6.43. The van der Waals surface area contributed by atoms with E-state index in [1.807, 2.05) is 0 Å². The van der Waals surface area contributed by atoms with E-state index in [4.69, 9.17) is 16.3 Å². The summed E-state index contributed by atoms with van der Waals surface area (Å²) in [6, 6.07) is 25.6. The Labute approximate surface area is 235 Å². The Balaban J connectivity index is 1.54. The molecule has 0 aliphatic carbocycles. The molecule has 5 rings (SSSR count). The standard InChI is InChI=1S/C30H19ClF3N3O4/c31-24-16-15-19(17-23(24)30(32,33)34)35-27(38)26(18-9-3-1-4-10-18)41-29(40)25-21-13-7-8-14-22(21)28(39)37(36-25)20-11-5-2-6-12-20/h1-17,26H,(H,35,38). The number of benzene rings is 4. The number of nitrogens with one attached hydrogen (secondary N) is 1. The summed E-state index contributed by atoms with van der Waals surface area (Å²) in [6.07, 6.45) is -6.33. The first kappa shape index (κ1) is 27.6. The van der Waals surface area contributed by atoms with Crippen molar-refractivity contribution in [3.05, 3.63) is 135 Å². The third-order valence-electron chi connectivity index (χ3n) is 6.10. The van der Waals surface area contributed by atoms with E-state index >= 15 is 0 Å². The minimum absolute atomic E-state index is 0.194. The van der Waals surface area contributed by atoms with Crippen LogP contribution in [0.1, 0.15) is 27.7 Å². The molecule has 0 fully saturated rings. The molecule has 0 saturated heterocycles. The zero-order valence-electron chi connectivity index (χ0n) is 20.9. The minimum Gasteiger partial charge on any atom is -0.442 e. The van der Waals surface area contributed by atoms with Gasteiger partial charge in [-0.25, -0.2) is 4.79 Å². The summed E-state index contributed by atoms with van der Waals surface area (Å²) >= 11 is 5.70. The number of para-hydroxylation sites is 1. The van der Waals surface area contributed by atoms with Crippen molar-refractivity contribution < 1.29 is 27.5 Å². The molecule has 1 amide bonds. The van der Waals surface area contributed by atoms with E-state index in [0.717, 1.165) is 10.7 Å². The first-order chi connectivity index (χ1) is 19.6. The zero-order valence-corrected chi connectivity index (χ0v) is 21.7. The molecule has 0 bridgehead atoms. The maximum atomic E-state index is 13.6. The molecule has 206 valence electrons. The fraction of sp³-hybridized carbons (Fsp3) is 0.0667. The summed E-state index contributed by atoms with van der Waals surface area (Å²) in [4.78, 5) is 40.1. The van der Waals surface area contributed by atoms with Crippen LogP contribution in [0.2, 0.25) is 5.02 Å². The molecule has 0 spiro atoms. The van der Waals surface area contributed by atoms with Crippen LogP contribution < -0.4 is 10.9 Å². The number of alkyl halides is 3. The molecule has 11 heteroatoms. The van der Waals surface area contributed by atoms with E-state index < -0.39 is 40.3 Å². The van der Waals surface area contributed by atoms with Crippen LogP contribution >= 0.6 is 11.6 Å². The monoisotopic (exact) mass is 577 g/mol. The molecule has 0 radical (unpaired) electrons. The lowest BCUT2D eigenvalue weighted by Gasteiger charge is -2.19. The number of hydrogen-bond acceptors (Lipinski definition) is 5. The van der Waals surface area contributed by atoms with Gasteiger partial charge in [0.25, 0.3) is 11.5 Å². The Kier molecular flexibility index (Phi) is 7.58. The summed E-state index contributed by atoms with van der Waals surface area (Å²) in [7, 11) is 0. The highest BCUT2D eigenvalue weighted by Crippen LogP contribution is 2.36. The van der Waals surface area contributed by atoms with Crippen molar-refractivity contribution in [1.29, 1.82) is 0 Å². The summed E-state index contributed by atoms with van der Waals surface area (Å²) in [5.41, 5.74) is -1.39. The molecule has 0 saturated carbocycles. The van der Waals surface area contributed by atoms with Gasteiger partial charge in [0, 0.05) is 16.6 Å². The number of esters is 1. The minimum atomic E-state index is -4.75. The Bertz CT molecular complexity index is 1810. The average Bonchev–Trinajstić information content (AvgIpc) is 2.97. The van der Waals surface area contributed by atoms with Crippen LogP contribution in [0.5, 0.6) is 0 Å². The number of anilines is 1. The molecule has 0 aliphatic rings. The first-order valence-corrected chi connectivity index (χ1v) is 12.5. The number of fused-ring (bicyclic) bond motifs is 1. The van der Waals surface area contributed by atoms with Crippen molar-refractivity contribution in [2.24, 2.45) is 0 Å². The van der Waals surface area contributed by atoms with Crippen LogP contribution in [0, 0.1) is 0 Å². The van der Waals surface area contributed by atoms with Gasteiger partial charge in [0.05, 0.1) is 21.7 Å². The van der Waals surface area contributed by atoms with E-state index in [0.29, 0.717) is 11.8 Å². The largest absolute Gasteiger partial charge is 0.442 e. The SMILES string of the molecule is O=C(OC(C(=O)Nc1ccc(Cl)c(C(F)(F)F)c1)c1ccccc1)c1nn(-c2ccccc2)c(=O)c2ccccc12. The molecular formula is C30H19ClF3N3O4. The summed E-state index contributed by atoms with van der Waals surface area (Å²) in [5.74, 6) is -1.94. The van der Waals surface area contributed by atoms with Gasteiger partial charge >= 0.3 is 12.1 Å². The number of carbonyl (C=O) groups excluding carboxylic acids is 2. The van der Waals surface area contributed by atoms with Gasteiger partial charge in [-0.3, -0.25) is 9.59 Å². The van der Waals surface area contributed by atoms with Crippen molar-refractivity contribution in [2.75, 3.05) is 5.32 Å². The molecule has 41 heavy (non-hydrogen) atoms. The third kappa shape index (κ3) is 5.82. The topological polar surface area (TPSA) is 90.3 Å². The van der Waals surface area contributed by atoms with Crippen LogP contribution in [0.25, 0.3) is 16.5 Å². The van der Waals surface area contributed by atoms with Gasteiger partial charge in [0.1, 0.15) is 0 Å². The number of ether oxygens (including phenoxy) is 1. The lowest BCUT2D eigenvalue weighted by atomic mass is 10.1. The van der Waals surface area contributed by atoms with Gasteiger partial charge in [0.2, 0.25) is 6.10 Å². The molecular weight excluding hydrogens is 559 g/mol. The Hall–Kier alpha value is -4.96. The number of aromatic nitrogens is 2. The van der Waals surface area contributed by atoms with E-state index in [1.165, 1.54) is 30.3 Å². The molecule has 1 N–H and O–H groups in total. The Morgan fingerprint density at radius 1 is 0.854 bits per heavy atom. The fourth-order valence-electron chi connectivity index (χ4n) is 4.18. The van der Waals surface area contributed by atoms with Crippen molar-refractivity contribution in [2.45, 2.75) is 12.3 Å². The highest BCUT2D eigenvalue weighted by atomic mass is 35.5. The van der Waals surface area contributed by atoms with Crippen molar-refractivity contribution in [1.82, 2.24) is 9.78 Å². The second-order valence-corrected chi connectivity index (χ2v) is 9.23. The quantitative estimate of drug-likeness (QED) is 0.230. The number of rotatable bonds is 6. The summed E-state index contributed by atoms with van der Waals surface area (Å²) < 4.78 is 46.8. The lowest BCUT2D eigenvalue weighted by Crippen LogP contribution is -2.29. The van der Waals surface area contributed by atoms with Crippen molar-refractivity contribution >= 4 is 39.9 Å². The number of carbonyl (C=O) groups is 2. The molecule has 1 aromatic heterocycles. The molecule has 1 atom stereocenters. The van der Waals surface area contributed by atoms with Gasteiger partial charge in [-0.05, 0) is 36.4 Å². The van der Waals surface area contributed by atoms with E-state index in [1.54, 1.807) is 60.7 Å². The maximum Gasteiger partial charge on any atom is 0.417 e. The van der Waals surface area contributed by atoms with Gasteiger partial charge in [-0.15, -0.1) is 0 Å². The van der Waals surface area contributed by atoms with Crippen molar-refractivity contribution in [3.8, 4) is 5.69 Å². The first-order valence-electron chi connectivity index (χ1n) is 12.1. The van der Waals surface area contributed by atoms with Crippen LogP contribution in [-0.4, -0.2) is 21.7 Å². The van der Waals surface area contributed by atoms with Crippen molar-refractivity contribution in [3.63, 3.8) is 0 Å². The van der Waals surface area contributed by atoms with Gasteiger partial charge in [-0.2, -0.15) is 23.0 Å². The molecule has 7 nitrogen and oxygen atoms in total. The van der Waals surface area contributed by atoms with Crippen LogP contribution in [-0.2, 0) is 15.7 Å². The lowest BCUT2D eigenvalue weighted by molar-refractivity contribution is -0.137. The Morgan fingerprint density at radius 2 is 1.46 bits per heavy atom. The average molecular weight is 578 g/mol. The molecule has 4 aromatic carbocycles. The van der Waals surface area contributed by atoms with E-state index in [2.05, 4.69) is 10.4 Å². The van der Waals surface area contributed by atoms with E-state index in [-0.39, 0.29) is 27.7 Å². The fourth-order valence-corrected chi connectivity index (χ4v) is 4.40. The van der Waals surface area contributed by atoms with Gasteiger partial charge in [0.15, 0.2) is 5.69 Å². The zero-order chi connectivity index (χ0) is 29.1. The highest BCUT2D eigenvalue weighted by Gasteiger charge is 2.34. The molecule has 5 aromatic rings. The maximum absolute atomic E-state index is 13.6. The number of hydrogen-bond donors (Lipinski definition) is 1. The van der Waals surface area contributed by atoms with E-state index in [9.17, 15) is 27.6 Å². The number of nitrogens with zero attached hydrogens (tertiary/aromatic N) is 2.